The van der Waals surface area contributed by atoms with Crippen LogP contribution in [0.5, 0.6) is 0 Å². The van der Waals surface area contributed by atoms with Crippen LogP contribution in [0.2, 0.25) is 0 Å². The van der Waals surface area contributed by atoms with Crippen LogP contribution in [0.4, 0.5) is 0 Å². The molecule has 0 aliphatic carbocycles. The minimum absolute atomic E-state index is 0.218. The molecule has 2 saturated heterocycles. The van der Waals surface area contributed by atoms with Gasteiger partial charge in [0, 0.05) is 45.3 Å². The molecule has 2 aliphatic rings. The molecule has 0 saturated carbocycles. The highest BCUT2D eigenvalue weighted by molar-refractivity contribution is 9.10. The van der Waals surface area contributed by atoms with Crippen molar-refractivity contribution in [1.29, 1.82) is 0 Å². The summed E-state index contributed by atoms with van der Waals surface area (Å²) in [6.07, 6.45) is 6.15. The quantitative estimate of drug-likeness (QED) is 0.845. The molecule has 2 fully saturated rings. The van der Waals surface area contributed by atoms with E-state index in [0.29, 0.717) is 12.1 Å². The topological polar surface area (TPSA) is 41.4 Å². The van der Waals surface area contributed by atoms with Crippen LogP contribution in [0.1, 0.15) is 25.8 Å². The number of hydrogen-bond donors (Lipinski definition) is 0. The molecule has 1 unspecified atom stereocenters. The van der Waals surface area contributed by atoms with Crippen LogP contribution < -0.4 is 0 Å². The Kier molecular flexibility index (Phi) is 3.62. The summed E-state index contributed by atoms with van der Waals surface area (Å²) in [7, 11) is 0. The van der Waals surface area contributed by atoms with E-state index in [0.717, 1.165) is 43.5 Å². The van der Waals surface area contributed by atoms with Crippen LogP contribution in [0.25, 0.3) is 0 Å². The lowest BCUT2D eigenvalue weighted by atomic mass is 10.1. The molecular formula is C13H19BrN4O. The zero-order valence-electron chi connectivity index (χ0n) is 11.1. The highest BCUT2D eigenvalue weighted by Gasteiger charge is 2.34. The van der Waals surface area contributed by atoms with E-state index in [2.05, 4.69) is 25.9 Å². The van der Waals surface area contributed by atoms with Crippen LogP contribution in [0, 0.1) is 0 Å². The van der Waals surface area contributed by atoms with Gasteiger partial charge in [-0.3, -0.25) is 14.4 Å². The molecule has 0 bridgehead atoms. The Labute approximate surface area is 121 Å². The summed E-state index contributed by atoms with van der Waals surface area (Å²) < 4.78 is 3.06. The predicted octanol–water partition coefficient (Wildman–Crippen LogP) is 1.51. The fourth-order valence-corrected chi connectivity index (χ4v) is 3.41. The van der Waals surface area contributed by atoms with Crippen LogP contribution in [-0.2, 0) is 4.79 Å². The normalized spacial score (nSPS) is 24.7. The van der Waals surface area contributed by atoms with Gasteiger partial charge in [-0.1, -0.05) is 0 Å². The molecule has 1 amide bonds. The highest BCUT2D eigenvalue weighted by Crippen LogP contribution is 2.25. The molecule has 3 heterocycles. The maximum atomic E-state index is 11.5. The van der Waals surface area contributed by atoms with Gasteiger partial charge in [-0.15, -0.1) is 0 Å². The van der Waals surface area contributed by atoms with E-state index in [1.165, 1.54) is 0 Å². The Bertz CT molecular complexity index is 469. The number of carbonyl (C=O) groups excluding carboxylic acids is 1. The molecule has 0 spiro atoms. The fraction of sp³-hybridized carbons (Fsp3) is 0.692. The standard InChI is InChI=1S/C13H19BrN4O/c1-10(19)17-4-2-3-12(17)7-16-8-13(9-16)18-6-11(14)5-15-18/h5-6,12-13H,2-4,7-9H2,1H3. The molecule has 0 radical (unpaired) electrons. The smallest absolute Gasteiger partial charge is 0.219 e. The number of nitrogens with zero attached hydrogens (tertiary/aromatic N) is 4. The Hall–Kier alpha value is -0.880. The third-order valence-electron chi connectivity index (χ3n) is 4.13. The van der Waals surface area contributed by atoms with Crippen LogP contribution >= 0.6 is 15.9 Å². The van der Waals surface area contributed by atoms with Gasteiger partial charge in [-0.2, -0.15) is 5.10 Å². The van der Waals surface area contributed by atoms with Gasteiger partial charge < -0.3 is 4.90 Å². The SMILES string of the molecule is CC(=O)N1CCCC1CN1CC(n2cc(Br)cn2)C1. The molecule has 1 atom stereocenters. The van der Waals surface area contributed by atoms with Gasteiger partial charge >= 0.3 is 0 Å². The first-order valence-corrected chi connectivity index (χ1v) is 7.62. The van der Waals surface area contributed by atoms with Crippen LogP contribution in [-0.4, -0.2) is 57.7 Å². The van der Waals surface area contributed by atoms with Crippen LogP contribution in [0.3, 0.4) is 0 Å². The third kappa shape index (κ3) is 2.69. The Morgan fingerprint density at radius 3 is 2.95 bits per heavy atom. The number of aromatic nitrogens is 2. The first kappa shape index (κ1) is 13.1. The average molecular weight is 327 g/mol. The van der Waals surface area contributed by atoms with E-state index >= 15 is 0 Å². The van der Waals surface area contributed by atoms with E-state index in [4.69, 9.17) is 0 Å². The maximum absolute atomic E-state index is 11.5. The van der Waals surface area contributed by atoms with E-state index in [-0.39, 0.29) is 5.91 Å². The van der Waals surface area contributed by atoms with E-state index < -0.39 is 0 Å². The number of halogens is 1. The van der Waals surface area contributed by atoms with Crippen molar-refractivity contribution in [3.8, 4) is 0 Å². The van der Waals surface area contributed by atoms with Crippen molar-refractivity contribution in [3.63, 3.8) is 0 Å². The van der Waals surface area contributed by atoms with Crippen molar-refractivity contribution < 1.29 is 4.79 Å². The van der Waals surface area contributed by atoms with Gasteiger partial charge in [-0.05, 0) is 28.8 Å². The Morgan fingerprint density at radius 2 is 2.32 bits per heavy atom. The molecular weight excluding hydrogens is 308 g/mol. The molecule has 0 N–H and O–H groups in total. The number of hydrogen-bond acceptors (Lipinski definition) is 3. The molecule has 1 aromatic rings. The summed E-state index contributed by atoms with van der Waals surface area (Å²) in [5.74, 6) is 0.218. The summed E-state index contributed by atoms with van der Waals surface area (Å²) in [6, 6.07) is 0.904. The predicted molar refractivity (Wildman–Crippen MR) is 75.8 cm³/mol. The van der Waals surface area contributed by atoms with Crippen molar-refractivity contribution in [2.24, 2.45) is 0 Å². The number of amides is 1. The van der Waals surface area contributed by atoms with Gasteiger partial charge in [0.1, 0.15) is 0 Å². The number of carbonyl (C=O) groups is 1. The molecule has 19 heavy (non-hydrogen) atoms. The first-order chi connectivity index (χ1) is 9.13. The van der Waals surface area contributed by atoms with Gasteiger partial charge in [0.25, 0.3) is 0 Å². The monoisotopic (exact) mass is 326 g/mol. The van der Waals surface area contributed by atoms with Crippen molar-refractivity contribution >= 4 is 21.8 Å². The lowest BCUT2D eigenvalue weighted by Gasteiger charge is -2.41. The number of rotatable bonds is 3. The van der Waals surface area contributed by atoms with E-state index in [1.807, 2.05) is 22.0 Å². The number of likely N-dealkylation sites (tertiary alicyclic amines) is 2. The Morgan fingerprint density at radius 1 is 1.53 bits per heavy atom. The minimum Gasteiger partial charge on any atom is -0.339 e. The molecule has 3 rings (SSSR count). The fourth-order valence-electron chi connectivity index (χ4n) is 3.11. The first-order valence-electron chi connectivity index (χ1n) is 6.82. The largest absolute Gasteiger partial charge is 0.339 e. The molecule has 1 aromatic heterocycles. The summed E-state index contributed by atoms with van der Waals surface area (Å²) in [5, 5.41) is 4.33. The van der Waals surface area contributed by atoms with E-state index in [9.17, 15) is 4.79 Å². The Balaban J connectivity index is 1.50. The third-order valence-corrected chi connectivity index (χ3v) is 4.54. The molecule has 0 aromatic carbocycles. The zero-order chi connectivity index (χ0) is 13.4. The molecule has 6 heteroatoms. The van der Waals surface area contributed by atoms with Crippen molar-refractivity contribution in [3.05, 3.63) is 16.9 Å². The summed E-state index contributed by atoms with van der Waals surface area (Å²) in [5.41, 5.74) is 0. The van der Waals surface area contributed by atoms with Gasteiger partial charge in [0.15, 0.2) is 0 Å². The molecule has 104 valence electrons. The van der Waals surface area contributed by atoms with Crippen molar-refractivity contribution in [1.82, 2.24) is 19.6 Å². The van der Waals surface area contributed by atoms with Crippen molar-refractivity contribution in [2.75, 3.05) is 26.2 Å². The van der Waals surface area contributed by atoms with Crippen molar-refractivity contribution in [2.45, 2.75) is 31.8 Å². The second-order valence-corrected chi connectivity index (χ2v) is 6.44. The summed E-state index contributed by atoms with van der Waals surface area (Å²) in [6.45, 7) is 5.70. The van der Waals surface area contributed by atoms with Gasteiger partial charge in [0.05, 0.1) is 16.7 Å². The van der Waals surface area contributed by atoms with Crippen LogP contribution in [0.15, 0.2) is 16.9 Å². The molecule has 5 nitrogen and oxygen atoms in total. The second kappa shape index (κ2) is 5.25. The second-order valence-electron chi connectivity index (χ2n) is 5.52. The highest BCUT2D eigenvalue weighted by atomic mass is 79.9. The van der Waals surface area contributed by atoms with E-state index in [1.54, 1.807) is 6.92 Å². The average Bonchev–Trinajstić information content (AvgIpc) is 2.91. The van der Waals surface area contributed by atoms with Gasteiger partial charge in [0.2, 0.25) is 5.91 Å². The lowest BCUT2D eigenvalue weighted by molar-refractivity contribution is -0.130. The van der Waals surface area contributed by atoms with Gasteiger partial charge in [-0.25, -0.2) is 0 Å². The summed E-state index contributed by atoms with van der Waals surface area (Å²) in [4.78, 5) is 16.0. The zero-order valence-corrected chi connectivity index (χ0v) is 12.7. The molecule has 2 aliphatic heterocycles. The lowest BCUT2D eigenvalue weighted by Crippen LogP contribution is -2.53. The minimum atomic E-state index is 0.218. The maximum Gasteiger partial charge on any atom is 0.219 e. The summed E-state index contributed by atoms with van der Waals surface area (Å²) >= 11 is 3.42.